The molecule has 0 spiro atoms. The quantitative estimate of drug-likeness (QED) is 0.602. The first-order valence-electron chi connectivity index (χ1n) is 4.74. The van der Waals surface area contributed by atoms with Gasteiger partial charge in [0.05, 0.1) is 6.42 Å². The minimum Gasteiger partial charge on any atom is -0.358 e. The number of hydrogen-bond acceptors (Lipinski definition) is 5. The first-order chi connectivity index (χ1) is 7.63. The van der Waals surface area contributed by atoms with Gasteiger partial charge in [-0.05, 0) is 4.92 Å². The lowest BCUT2D eigenvalue weighted by atomic mass is 10.2. The van der Waals surface area contributed by atoms with Crippen molar-refractivity contribution in [2.24, 2.45) is 0 Å². The fourth-order valence-corrected chi connectivity index (χ4v) is 2.17. The van der Waals surface area contributed by atoms with E-state index in [0.29, 0.717) is 11.4 Å². The average molecular weight is 239 g/mol. The molecule has 6 nitrogen and oxygen atoms in total. The number of rotatable bonds is 4. The van der Waals surface area contributed by atoms with Gasteiger partial charge in [0, 0.05) is 11.8 Å². The summed E-state index contributed by atoms with van der Waals surface area (Å²) in [5.41, 5.74) is 0.253. The molecule has 0 aliphatic rings. The maximum absolute atomic E-state index is 11.3. The Balaban J connectivity index is 2.51. The highest BCUT2D eigenvalue weighted by Gasteiger charge is 2.24. The van der Waals surface area contributed by atoms with Gasteiger partial charge in [-0.3, -0.25) is 4.79 Å². The summed E-state index contributed by atoms with van der Waals surface area (Å²) in [4.78, 5) is 26.3. The Hall–Kier alpha value is -1.76. The highest BCUT2D eigenvalue weighted by atomic mass is 32.1. The van der Waals surface area contributed by atoms with Crippen LogP contribution in [0.5, 0.6) is 0 Å². The SMILES string of the molecule is CCC(=O)Cc1nc2sccn2c1[N+](=O)[O-]. The van der Waals surface area contributed by atoms with E-state index in [4.69, 9.17) is 0 Å². The van der Waals surface area contributed by atoms with E-state index in [1.807, 2.05) is 0 Å². The Morgan fingerprint density at radius 2 is 2.44 bits per heavy atom. The van der Waals surface area contributed by atoms with E-state index in [1.165, 1.54) is 15.7 Å². The number of carbonyl (C=O) groups excluding carboxylic acids is 1. The van der Waals surface area contributed by atoms with Crippen molar-refractivity contribution in [3.05, 3.63) is 27.4 Å². The molecule has 2 rings (SSSR count). The first-order valence-corrected chi connectivity index (χ1v) is 5.62. The van der Waals surface area contributed by atoms with E-state index < -0.39 is 4.92 Å². The molecular weight excluding hydrogens is 230 g/mol. The summed E-state index contributed by atoms with van der Waals surface area (Å²) in [7, 11) is 0. The number of nitro groups is 1. The number of imidazole rings is 1. The Morgan fingerprint density at radius 3 is 3.06 bits per heavy atom. The summed E-state index contributed by atoms with van der Waals surface area (Å²) >= 11 is 1.31. The highest BCUT2D eigenvalue weighted by Crippen LogP contribution is 2.24. The van der Waals surface area contributed by atoms with Crippen LogP contribution in [0.3, 0.4) is 0 Å². The van der Waals surface area contributed by atoms with Crippen molar-refractivity contribution in [3.8, 4) is 0 Å². The number of nitrogens with zero attached hydrogens (tertiary/aromatic N) is 3. The maximum Gasteiger partial charge on any atom is 0.352 e. The van der Waals surface area contributed by atoms with Crippen LogP contribution in [0.15, 0.2) is 11.6 Å². The lowest BCUT2D eigenvalue weighted by Gasteiger charge is -1.96. The molecule has 0 radical (unpaired) electrons. The molecule has 0 N–H and O–H groups in total. The van der Waals surface area contributed by atoms with E-state index in [9.17, 15) is 14.9 Å². The number of carbonyl (C=O) groups is 1. The van der Waals surface area contributed by atoms with Crippen LogP contribution in [-0.2, 0) is 11.2 Å². The minimum atomic E-state index is -0.495. The van der Waals surface area contributed by atoms with Crippen LogP contribution in [-0.4, -0.2) is 20.1 Å². The fraction of sp³-hybridized carbons (Fsp3) is 0.333. The third-order valence-corrected chi connectivity index (χ3v) is 2.99. The van der Waals surface area contributed by atoms with Gasteiger partial charge < -0.3 is 10.1 Å². The average Bonchev–Trinajstić information content (AvgIpc) is 2.76. The van der Waals surface area contributed by atoms with Crippen molar-refractivity contribution in [2.45, 2.75) is 19.8 Å². The Labute approximate surface area is 94.7 Å². The molecule has 0 saturated heterocycles. The molecule has 0 bridgehead atoms. The van der Waals surface area contributed by atoms with Crippen LogP contribution in [0.4, 0.5) is 5.82 Å². The molecular formula is C9H9N3O3S. The number of Topliss-reactive ketones (excluding diaryl/α,β-unsaturated/α-hetero) is 1. The fourth-order valence-electron chi connectivity index (χ4n) is 1.44. The zero-order valence-corrected chi connectivity index (χ0v) is 9.36. The summed E-state index contributed by atoms with van der Waals surface area (Å²) < 4.78 is 1.41. The first kappa shape index (κ1) is 10.7. The molecule has 2 aromatic heterocycles. The molecule has 0 aliphatic carbocycles. The maximum atomic E-state index is 11.3. The normalized spacial score (nSPS) is 10.8. The summed E-state index contributed by atoms with van der Waals surface area (Å²) in [5, 5.41) is 12.6. The summed E-state index contributed by atoms with van der Waals surface area (Å²) in [6.45, 7) is 1.73. The van der Waals surface area contributed by atoms with Gasteiger partial charge in [-0.2, -0.15) is 9.38 Å². The molecule has 0 fully saturated rings. The number of thiazole rings is 1. The third-order valence-electron chi connectivity index (χ3n) is 2.24. The second-order valence-corrected chi connectivity index (χ2v) is 4.14. The number of hydrogen-bond donors (Lipinski definition) is 0. The van der Waals surface area contributed by atoms with Gasteiger partial charge in [-0.1, -0.05) is 18.3 Å². The van der Waals surface area contributed by atoms with Gasteiger partial charge in [0.15, 0.2) is 0 Å². The van der Waals surface area contributed by atoms with Gasteiger partial charge in [0.2, 0.25) is 0 Å². The number of aromatic nitrogens is 2. The van der Waals surface area contributed by atoms with Crippen molar-refractivity contribution in [2.75, 3.05) is 0 Å². The van der Waals surface area contributed by atoms with E-state index in [-0.39, 0.29) is 23.7 Å². The molecule has 0 unspecified atom stereocenters. The molecule has 2 heterocycles. The standard InChI is InChI=1S/C9H9N3O3S/c1-2-6(13)5-7-8(12(14)15)11-3-4-16-9(11)10-7/h3-4H,2,5H2,1H3. The highest BCUT2D eigenvalue weighted by molar-refractivity contribution is 7.15. The van der Waals surface area contributed by atoms with E-state index in [2.05, 4.69) is 4.98 Å². The second-order valence-electron chi connectivity index (χ2n) is 3.26. The van der Waals surface area contributed by atoms with E-state index >= 15 is 0 Å². The number of fused-ring (bicyclic) bond motifs is 1. The van der Waals surface area contributed by atoms with Crippen molar-refractivity contribution < 1.29 is 9.72 Å². The van der Waals surface area contributed by atoms with Crippen LogP contribution in [0, 0.1) is 10.1 Å². The molecule has 84 valence electrons. The van der Waals surface area contributed by atoms with E-state index in [0.717, 1.165) is 0 Å². The van der Waals surface area contributed by atoms with Crippen LogP contribution >= 0.6 is 11.3 Å². The molecule has 0 saturated carbocycles. The van der Waals surface area contributed by atoms with Gasteiger partial charge in [0.1, 0.15) is 17.7 Å². The Kier molecular flexibility index (Phi) is 2.69. The van der Waals surface area contributed by atoms with Crippen LogP contribution < -0.4 is 0 Å². The summed E-state index contributed by atoms with van der Waals surface area (Å²) in [6, 6.07) is 0. The predicted molar refractivity (Wildman–Crippen MR) is 58.7 cm³/mol. The molecule has 7 heteroatoms. The zero-order valence-electron chi connectivity index (χ0n) is 8.54. The van der Waals surface area contributed by atoms with Crippen LogP contribution in [0.1, 0.15) is 19.0 Å². The topological polar surface area (TPSA) is 77.5 Å². The monoisotopic (exact) mass is 239 g/mol. The van der Waals surface area contributed by atoms with E-state index in [1.54, 1.807) is 18.5 Å². The van der Waals surface area contributed by atoms with Gasteiger partial charge >= 0.3 is 5.82 Å². The smallest absolute Gasteiger partial charge is 0.352 e. The lowest BCUT2D eigenvalue weighted by molar-refractivity contribution is -0.391. The van der Waals surface area contributed by atoms with Crippen LogP contribution in [0.25, 0.3) is 4.96 Å². The molecule has 16 heavy (non-hydrogen) atoms. The number of ketones is 1. The molecule has 0 aliphatic heterocycles. The minimum absolute atomic E-state index is 0.0290. The van der Waals surface area contributed by atoms with Gasteiger partial charge in [-0.25, -0.2) is 0 Å². The largest absolute Gasteiger partial charge is 0.358 e. The van der Waals surface area contributed by atoms with Crippen molar-refractivity contribution in [1.29, 1.82) is 0 Å². The molecule has 0 aromatic carbocycles. The lowest BCUT2D eigenvalue weighted by Crippen LogP contribution is -2.04. The molecule has 0 atom stereocenters. The van der Waals surface area contributed by atoms with Crippen molar-refractivity contribution >= 4 is 27.9 Å². The third kappa shape index (κ3) is 1.69. The van der Waals surface area contributed by atoms with Crippen molar-refractivity contribution in [1.82, 2.24) is 9.38 Å². The second kappa shape index (κ2) is 4.01. The molecule has 0 amide bonds. The van der Waals surface area contributed by atoms with Crippen molar-refractivity contribution in [3.63, 3.8) is 0 Å². The molecule has 2 aromatic rings. The summed E-state index contributed by atoms with van der Waals surface area (Å²) in [6.07, 6.45) is 1.98. The van der Waals surface area contributed by atoms with Gasteiger partial charge in [-0.15, -0.1) is 0 Å². The Morgan fingerprint density at radius 1 is 1.69 bits per heavy atom. The Bertz CT molecular complexity index is 557. The van der Waals surface area contributed by atoms with Crippen LogP contribution in [0.2, 0.25) is 0 Å². The summed E-state index contributed by atoms with van der Waals surface area (Å²) in [5.74, 6) is -0.146. The van der Waals surface area contributed by atoms with Gasteiger partial charge in [0.25, 0.3) is 4.96 Å². The zero-order chi connectivity index (χ0) is 11.7. The predicted octanol–water partition coefficient (Wildman–Crippen LogP) is 1.83.